The molecule has 1 unspecified atom stereocenters. The largest absolute Gasteiger partial charge is 0.417 e. The Morgan fingerprint density at radius 3 is 2.45 bits per heavy atom. The topological polar surface area (TPSA) is 66.9 Å². The molecule has 174 valence electrons. The number of alkyl halides is 3. The molecular weight excluding hydrogens is 433 g/mol. The number of amides is 1. The minimum Gasteiger partial charge on any atom is -0.376 e. The van der Waals surface area contributed by atoms with Gasteiger partial charge in [0.15, 0.2) is 0 Å². The van der Waals surface area contributed by atoms with Gasteiger partial charge in [-0.15, -0.1) is 0 Å². The Kier molecular flexibility index (Phi) is 7.64. The Balaban J connectivity index is 1.64. The Morgan fingerprint density at radius 2 is 1.81 bits per heavy atom. The molecule has 1 aromatic carbocycles. The van der Waals surface area contributed by atoms with E-state index in [1.807, 2.05) is 6.92 Å². The third-order valence-corrected chi connectivity index (χ3v) is 7.82. The number of nitrogens with zero attached hydrogens (tertiary/aromatic N) is 2. The van der Waals surface area contributed by atoms with Crippen molar-refractivity contribution in [1.29, 1.82) is 0 Å². The van der Waals surface area contributed by atoms with Crippen molar-refractivity contribution in [3.8, 4) is 0 Å². The Morgan fingerprint density at radius 1 is 1.13 bits per heavy atom. The number of ether oxygens (including phenoxy) is 1. The lowest BCUT2D eigenvalue weighted by Gasteiger charge is -2.37. The summed E-state index contributed by atoms with van der Waals surface area (Å²) in [5.74, 6) is -0.341. The van der Waals surface area contributed by atoms with Crippen LogP contribution in [0, 0.1) is 5.92 Å². The van der Waals surface area contributed by atoms with Crippen LogP contribution in [0.3, 0.4) is 0 Å². The van der Waals surface area contributed by atoms with Crippen molar-refractivity contribution in [2.75, 3.05) is 32.8 Å². The summed E-state index contributed by atoms with van der Waals surface area (Å²) in [5.41, 5.74) is -1.17. The number of hydrogen-bond donors (Lipinski definition) is 0. The van der Waals surface area contributed by atoms with E-state index in [-0.39, 0.29) is 31.0 Å². The fourth-order valence-corrected chi connectivity index (χ4v) is 5.91. The van der Waals surface area contributed by atoms with E-state index in [1.165, 1.54) is 12.1 Å². The molecular formula is C21H29F3N2O4S. The van der Waals surface area contributed by atoms with E-state index in [2.05, 4.69) is 0 Å². The normalized spacial score (nSPS) is 21.9. The third-order valence-electron chi connectivity index (χ3n) is 5.86. The zero-order valence-electron chi connectivity index (χ0n) is 17.6. The number of carbonyl (C=O) groups is 1. The highest BCUT2D eigenvalue weighted by atomic mass is 32.2. The van der Waals surface area contributed by atoms with Crippen LogP contribution in [-0.4, -0.2) is 62.4 Å². The first-order valence-corrected chi connectivity index (χ1v) is 12.2. The van der Waals surface area contributed by atoms with Gasteiger partial charge in [-0.1, -0.05) is 19.1 Å². The van der Waals surface area contributed by atoms with Crippen molar-refractivity contribution >= 4 is 15.9 Å². The van der Waals surface area contributed by atoms with Gasteiger partial charge >= 0.3 is 6.18 Å². The van der Waals surface area contributed by atoms with Gasteiger partial charge in [-0.2, -0.15) is 17.5 Å². The van der Waals surface area contributed by atoms with Gasteiger partial charge in [0.2, 0.25) is 15.9 Å². The zero-order chi connectivity index (χ0) is 22.6. The Labute approximate surface area is 181 Å². The Bertz CT molecular complexity index is 868. The molecule has 2 aliphatic rings. The number of sulfonamides is 1. The Hall–Kier alpha value is -1.65. The van der Waals surface area contributed by atoms with Gasteiger partial charge in [-0.25, -0.2) is 8.42 Å². The number of hydrogen-bond acceptors (Lipinski definition) is 4. The van der Waals surface area contributed by atoms with Gasteiger partial charge in [0.25, 0.3) is 0 Å². The molecule has 0 N–H and O–H groups in total. The average molecular weight is 463 g/mol. The molecule has 3 rings (SSSR count). The highest BCUT2D eigenvalue weighted by Gasteiger charge is 2.40. The van der Waals surface area contributed by atoms with Crippen molar-refractivity contribution in [3.63, 3.8) is 0 Å². The van der Waals surface area contributed by atoms with Crippen LogP contribution >= 0.6 is 0 Å². The molecule has 0 radical (unpaired) electrons. The number of halogens is 3. The van der Waals surface area contributed by atoms with Crippen molar-refractivity contribution in [2.24, 2.45) is 5.92 Å². The van der Waals surface area contributed by atoms with E-state index in [0.717, 1.165) is 35.7 Å². The summed E-state index contributed by atoms with van der Waals surface area (Å²) in [6.45, 7) is 3.92. The summed E-state index contributed by atoms with van der Waals surface area (Å²) < 4.78 is 72.5. The van der Waals surface area contributed by atoms with Crippen molar-refractivity contribution < 1.29 is 31.1 Å². The second kappa shape index (κ2) is 9.87. The molecule has 0 aromatic heterocycles. The SMILES string of the molecule is CCCOC1CCCN(C(=O)C2CCN(S(=O)(=O)c3ccccc3C(F)(F)F)CC2)C1. The third kappa shape index (κ3) is 5.59. The number of benzene rings is 1. The molecule has 2 aliphatic heterocycles. The maximum absolute atomic E-state index is 13.3. The van der Waals surface area contributed by atoms with E-state index < -0.39 is 26.7 Å². The van der Waals surface area contributed by atoms with Crippen molar-refractivity contribution in [1.82, 2.24) is 9.21 Å². The zero-order valence-corrected chi connectivity index (χ0v) is 18.4. The number of rotatable bonds is 6. The van der Waals surface area contributed by atoms with Crippen LogP contribution in [0.4, 0.5) is 13.2 Å². The summed E-state index contributed by atoms with van der Waals surface area (Å²) in [4.78, 5) is 14.0. The first-order chi connectivity index (χ1) is 14.6. The monoisotopic (exact) mass is 462 g/mol. The van der Waals surface area contributed by atoms with Gasteiger partial charge in [-0.3, -0.25) is 4.79 Å². The second-order valence-corrected chi connectivity index (χ2v) is 10.00. The second-order valence-electron chi connectivity index (χ2n) is 8.09. The highest BCUT2D eigenvalue weighted by molar-refractivity contribution is 7.89. The minimum absolute atomic E-state index is 0.0162. The molecule has 1 aromatic rings. The van der Waals surface area contributed by atoms with Crippen LogP contribution in [0.15, 0.2) is 29.2 Å². The summed E-state index contributed by atoms with van der Waals surface area (Å²) >= 11 is 0. The molecule has 2 heterocycles. The maximum atomic E-state index is 13.3. The summed E-state index contributed by atoms with van der Waals surface area (Å²) in [5, 5.41) is 0. The quantitative estimate of drug-likeness (QED) is 0.649. The molecule has 6 nitrogen and oxygen atoms in total. The molecule has 2 fully saturated rings. The van der Waals surface area contributed by atoms with Crippen LogP contribution in [0.5, 0.6) is 0 Å². The molecule has 0 saturated carbocycles. The standard InChI is InChI=1S/C21H29F3N2O4S/c1-2-14-30-17-6-5-11-25(15-17)20(27)16-9-12-26(13-10-16)31(28,29)19-8-4-3-7-18(19)21(22,23)24/h3-4,7-8,16-17H,2,5-6,9-15H2,1H3. The predicted molar refractivity (Wildman–Crippen MR) is 109 cm³/mol. The fourth-order valence-electron chi connectivity index (χ4n) is 4.23. The molecule has 0 spiro atoms. The van der Waals surface area contributed by atoms with Crippen LogP contribution in [0.2, 0.25) is 0 Å². The molecule has 1 atom stereocenters. The fraction of sp³-hybridized carbons (Fsp3) is 0.667. The van der Waals surface area contributed by atoms with Crippen LogP contribution < -0.4 is 0 Å². The van der Waals surface area contributed by atoms with Gasteiger partial charge in [0.1, 0.15) is 0 Å². The smallest absolute Gasteiger partial charge is 0.376 e. The van der Waals surface area contributed by atoms with Crippen molar-refractivity contribution in [2.45, 2.75) is 56.2 Å². The van der Waals surface area contributed by atoms with E-state index in [9.17, 15) is 26.4 Å². The number of carbonyl (C=O) groups excluding carboxylic acids is 1. The number of piperidine rings is 2. The van der Waals surface area contributed by atoms with Crippen LogP contribution in [0.25, 0.3) is 0 Å². The van der Waals surface area contributed by atoms with E-state index in [0.29, 0.717) is 32.5 Å². The van der Waals surface area contributed by atoms with Gasteiger partial charge in [0, 0.05) is 38.7 Å². The summed E-state index contributed by atoms with van der Waals surface area (Å²) in [6.07, 6.45) is -1.46. The predicted octanol–water partition coefficient (Wildman–Crippen LogP) is 3.52. The van der Waals surface area contributed by atoms with Crippen molar-refractivity contribution in [3.05, 3.63) is 29.8 Å². The lowest BCUT2D eigenvalue weighted by Crippen LogP contribution is -2.48. The molecule has 0 aliphatic carbocycles. The van der Waals surface area contributed by atoms with E-state index in [4.69, 9.17) is 4.74 Å². The molecule has 0 bridgehead atoms. The van der Waals surface area contributed by atoms with Crippen LogP contribution in [-0.2, 0) is 25.7 Å². The number of likely N-dealkylation sites (tertiary alicyclic amines) is 1. The summed E-state index contributed by atoms with van der Waals surface area (Å²) in [7, 11) is -4.30. The highest BCUT2D eigenvalue weighted by Crippen LogP contribution is 2.36. The molecule has 10 heteroatoms. The molecule has 2 saturated heterocycles. The lowest BCUT2D eigenvalue weighted by molar-refractivity contribution is -0.141. The van der Waals surface area contributed by atoms with E-state index in [1.54, 1.807) is 4.90 Å². The average Bonchev–Trinajstić information content (AvgIpc) is 2.77. The van der Waals surface area contributed by atoms with Crippen LogP contribution in [0.1, 0.15) is 44.6 Å². The first kappa shape index (κ1) is 24.0. The van der Waals surface area contributed by atoms with E-state index >= 15 is 0 Å². The lowest BCUT2D eigenvalue weighted by atomic mass is 9.95. The summed E-state index contributed by atoms with van der Waals surface area (Å²) in [6, 6.07) is 4.21. The molecule has 1 amide bonds. The van der Waals surface area contributed by atoms with Gasteiger partial charge in [-0.05, 0) is 44.2 Å². The first-order valence-electron chi connectivity index (χ1n) is 10.7. The van der Waals surface area contributed by atoms with Gasteiger partial charge < -0.3 is 9.64 Å². The molecule has 31 heavy (non-hydrogen) atoms. The minimum atomic E-state index is -4.76. The maximum Gasteiger partial charge on any atom is 0.417 e. The van der Waals surface area contributed by atoms with Gasteiger partial charge in [0.05, 0.1) is 16.6 Å².